The first kappa shape index (κ1) is 18.5. The lowest BCUT2D eigenvalue weighted by atomic mass is 10.2. The highest BCUT2D eigenvalue weighted by Gasteiger charge is 2.00. The summed E-state index contributed by atoms with van der Waals surface area (Å²) >= 11 is 1.75. The van der Waals surface area contributed by atoms with E-state index in [1.165, 1.54) is 22.6 Å². The largest absolute Gasteiger partial charge is 1.00 e. The molecule has 2 aromatic carbocycles. The van der Waals surface area contributed by atoms with Gasteiger partial charge in [0, 0.05) is 18.0 Å². The van der Waals surface area contributed by atoms with Crippen molar-refractivity contribution < 1.29 is 21.5 Å². The van der Waals surface area contributed by atoms with Gasteiger partial charge in [-0.2, -0.15) is 0 Å². The maximum Gasteiger partial charge on any atom is 0.123 e. The molecule has 0 aliphatic rings. The SMILES string of the molecule is Fc1ccc(COc2cccc(CNCc3cccs3)c2)cc1.[Cl-]. The molecule has 0 aliphatic carbocycles. The lowest BCUT2D eigenvalue weighted by molar-refractivity contribution is -0.00000556. The Hall–Kier alpha value is -1.88. The first-order chi connectivity index (χ1) is 11.3. The second kappa shape index (κ2) is 9.42. The summed E-state index contributed by atoms with van der Waals surface area (Å²) in [4.78, 5) is 1.33. The van der Waals surface area contributed by atoms with Gasteiger partial charge in [-0.15, -0.1) is 11.3 Å². The highest BCUT2D eigenvalue weighted by Crippen LogP contribution is 2.16. The van der Waals surface area contributed by atoms with E-state index in [-0.39, 0.29) is 18.2 Å². The Morgan fingerprint density at radius 2 is 1.75 bits per heavy atom. The molecule has 0 amide bonds. The quantitative estimate of drug-likeness (QED) is 0.691. The van der Waals surface area contributed by atoms with Crippen LogP contribution in [-0.2, 0) is 19.7 Å². The van der Waals surface area contributed by atoms with E-state index in [4.69, 9.17) is 4.74 Å². The summed E-state index contributed by atoms with van der Waals surface area (Å²) in [6.45, 7) is 2.11. The molecule has 0 fully saturated rings. The van der Waals surface area contributed by atoms with Gasteiger partial charge in [-0.25, -0.2) is 4.39 Å². The van der Waals surface area contributed by atoms with Crippen molar-refractivity contribution in [3.05, 3.63) is 87.9 Å². The van der Waals surface area contributed by atoms with Crippen LogP contribution in [-0.4, -0.2) is 0 Å². The van der Waals surface area contributed by atoms with Crippen molar-refractivity contribution in [1.82, 2.24) is 5.32 Å². The maximum absolute atomic E-state index is 12.9. The average Bonchev–Trinajstić information content (AvgIpc) is 3.08. The zero-order valence-corrected chi connectivity index (χ0v) is 14.6. The van der Waals surface area contributed by atoms with Crippen LogP contribution in [0.2, 0.25) is 0 Å². The van der Waals surface area contributed by atoms with Crippen LogP contribution >= 0.6 is 11.3 Å². The molecule has 0 radical (unpaired) electrons. The van der Waals surface area contributed by atoms with Crippen LogP contribution < -0.4 is 22.5 Å². The van der Waals surface area contributed by atoms with Crippen molar-refractivity contribution >= 4 is 11.3 Å². The van der Waals surface area contributed by atoms with E-state index in [1.54, 1.807) is 23.5 Å². The highest BCUT2D eigenvalue weighted by atomic mass is 35.5. The minimum Gasteiger partial charge on any atom is -1.00 e. The van der Waals surface area contributed by atoms with E-state index >= 15 is 0 Å². The summed E-state index contributed by atoms with van der Waals surface area (Å²) in [5.41, 5.74) is 2.13. The van der Waals surface area contributed by atoms with Crippen LogP contribution in [0.15, 0.2) is 66.0 Å². The summed E-state index contributed by atoms with van der Waals surface area (Å²) in [5.74, 6) is 0.595. The van der Waals surface area contributed by atoms with Gasteiger partial charge in [0.1, 0.15) is 18.2 Å². The summed E-state index contributed by atoms with van der Waals surface area (Å²) in [6.07, 6.45) is 0. The minimum atomic E-state index is -0.229. The molecule has 0 saturated carbocycles. The highest BCUT2D eigenvalue weighted by molar-refractivity contribution is 7.09. The number of hydrogen-bond donors (Lipinski definition) is 1. The molecule has 0 spiro atoms. The van der Waals surface area contributed by atoms with Gasteiger partial charge in [0.25, 0.3) is 0 Å². The van der Waals surface area contributed by atoms with Crippen LogP contribution in [0, 0.1) is 5.82 Å². The van der Waals surface area contributed by atoms with Crippen molar-refractivity contribution in [2.75, 3.05) is 0 Å². The van der Waals surface area contributed by atoms with Crippen molar-refractivity contribution in [2.45, 2.75) is 19.7 Å². The molecule has 5 heteroatoms. The number of rotatable bonds is 7. The summed E-state index contributed by atoms with van der Waals surface area (Å²) < 4.78 is 18.7. The van der Waals surface area contributed by atoms with E-state index in [9.17, 15) is 4.39 Å². The number of ether oxygens (including phenoxy) is 1. The zero-order valence-electron chi connectivity index (χ0n) is 13.0. The fourth-order valence-electron chi connectivity index (χ4n) is 2.24. The third kappa shape index (κ3) is 5.64. The van der Waals surface area contributed by atoms with Gasteiger partial charge in [-0.1, -0.05) is 30.3 Å². The Balaban J connectivity index is 0.00000208. The third-order valence-corrected chi connectivity index (χ3v) is 4.30. The van der Waals surface area contributed by atoms with Crippen LogP contribution in [0.1, 0.15) is 16.0 Å². The van der Waals surface area contributed by atoms with E-state index in [1.807, 2.05) is 18.2 Å². The predicted octanol–water partition coefficient (Wildman–Crippen LogP) is 1.76. The predicted molar refractivity (Wildman–Crippen MR) is 92.0 cm³/mol. The van der Waals surface area contributed by atoms with Gasteiger partial charge in [0.2, 0.25) is 0 Å². The van der Waals surface area contributed by atoms with E-state index in [0.717, 1.165) is 24.4 Å². The van der Waals surface area contributed by atoms with Crippen molar-refractivity contribution in [2.24, 2.45) is 0 Å². The summed E-state index contributed by atoms with van der Waals surface area (Å²) in [5, 5.41) is 5.51. The van der Waals surface area contributed by atoms with E-state index < -0.39 is 0 Å². The number of halogens is 2. The van der Waals surface area contributed by atoms with E-state index in [2.05, 4.69) is 28.9 Å². The molecular weight excluding hydrogens is 345 g/mol. The molecule has 0 bridgehead atoms. The van der Waals surface area contributed by atoms with Crippen molar-refractivity contribution in [3.63, 3.8) is 0 Å². The Bertz CT molecular complexity index is 731. The Morgan fingerprint density at radius 3 is 2.50 bits per heavy atom. The normalized spacial score (nSPS) is 10.2. The minimum absolute atomic E-state index is 0. The third-order valence-electron chi connectivity index (χ3n) is 3.43. The van der Waals surface area contributed by atoms with Gasteiger partial charge < -0.3 is 22.5 Å². The molecule has 0 aliphatic heterocycles. The van der Waals surface area contributed by atoms with Crippen molar-refractivity contribution in [3.8, 4) is 5.75 Å². The van der Waals surface area contributed by atoms with Gasteiger partial charge in [-0.05, 0) is 46.8 Å². The molecule has 3 aromatic rings. The number of hydrogen-bond acceptors (Lipinski definition) is 3. The number of nitrogens with one attached hydrogen (secondary N) is 1. The zero-order chi connectivity index (χ0) is 15.9. The molecule has 1 N–H and O–H groups in total. The smallest absolute Gasteiger partial charge is 0.123 e. The van der Waals surface area contributed by atoms with Gasteiger partial charge in [-0.3, -0.25) is 0 Å². The molecule has 3 rings (SSSR count). The monoisotopic (exact) mass is 362 g/mol. The van der Waals surface area contributed by atoms with Crippen molar-refractivity contribution in [1.29, 1.82) is 0 Å². The molecular formula is C19H18ClFNOS-. The first-order valence-corrected chi connectivity index (χ1v) is 8.37. The Labute approximate surface area is 151 Å². The molecule has 126 valence electrons. The second-order valence-corrected chi connectivity index (χ2v) is 6.28. The molecule has 1 aromatic heterocycles. The Morgan fingerprint density at radius 1 is 0.917 bits per heavy atom. The Kier molecular flexibility index (Phi) is 7.25. The van der Waals surface area contributed by atoms with Gasteiger partial charge in [0.05, 0.1) is 0 Å². The van der Waals surface area contributed by atoms with Crippen LogP contribution in [0.3, 0.4) is 0 Å². The molecule has 2 nitrogen and oxygen atoms in total. The first-order valence-electron chi connectivity index (χ1n) is 7.49. The number of benzene rings is 2. The van der Waals surface area contributed by atoms with Crippen LogP contribution in [0.25, 0.3) is 0 Å². The molecule has 24 heavy (non-hydrogen) atoms. The standard InChI is InChI=1S/C19H18FNOS.ClH/c20-17-8-6-15(7-9-17)14-22-18-4-1-3-16(11-18)12-21-13-19-5-2-10-23-19;/h1-11,21H,12-14H2;1H/p-1. The second-order valence-electron chi connectivity index (χ2n) is 5.25. The lowest BCUT2D eigenvalue weighted by Gasteiger charge is -2.09. The lowest BCUT2D eigenvalue weighted by Crippen LogP contribution is -3.00. The maximum atomic E-state index is 12.9. The fraction of sp³-hybridized carbons (Fsp3) is 0.158. The number of thiophene rings is 1. The summed E-state index contributed by atoms with van der Waals surface area (Å²) in [6, 6.07) is 18.6. The summed E-state index contributed by atoms with van der Waals surface area (Å²) in [7, 11) is 0. The average molecular weight is 363 g/mol. The topological polar surface area (TPSA) is 21.3 Å². The van der Waals surface area contributed by atoms with Gasteiger partial charge in [0.15, 0.2) is 0 Å². The molecule has 1 heterocycles. The van der Waals surface area contributed by atoms with E-state index in [0.29, 0.717) is 6.61 Å². The fourth-order valence-corrected chi connectivity index (χ4v) is 2.91. The molecule has 0 saturated heterocycles. The van der Waals surface area contributed by atoms with Gasteiger partial charge >= 0.3 is 0 Å². The van der Waals surface area contributed by atoms with Crippen LogP contribution in [0.5, 0.6) is 5.75 Å². The molecule has 0 unspecified atom stereocenters. The van der Waals surface area contributed by atoms with Crippen LogP contribution in [0.4, 0.5) is 4.39 Å². The molecule has 0 atom stereocenters.